The molecule has 0 radical (unpaired) electrons. The molecule has 1 aromatic heterocycles. The topological polar surface area (TPSA) is 76.7 Å². The Morgan fingerprint density at radius 2 is 1.97 bits per heavy atom. The minimum Gasteiger partial charge on any atom is -0.484 e. The van der Waals surface area contributed by atoms with Crippen molar-refractivity contribution < 1.29 is 23.5 Å². The molecule has 2 N–H and O–H groups in total. The number of anilines is 1. The summed E-state index contributed by atoms with van der Waals surface area (Å²) < 4.78 is 24.0. The Morgan fingerprint density at radius 3 is 2.73 bits per heavy atom. The number of aryl methyl sites for hydroxylation is 1. The van der Waals surface area contributed by atoms with Crippen molar-refractivity contribution in [3.05, 3.63) is 46.1 Å². The highest BCUT2D eigenvalue weighted by molar-refractivity contribution is 7.17. The van der Waals surface area contributed by atoms with Crippen LogP contribution in [-0.2, 0) is 22.4 Å². The summed E-state index contributed by atoms with van der Waals surface area (Å²) in [6, 6.07) is 5.49. The Balaban J connectivity index is 1.43. The first-order valence-corrected chi connectivity index (χ1v) is 11.1. The predicted molar refractivity (Wildman–Crippen MR) is 113 cm³/mol. The Hall–Kier alpha value is -2.45. The van der Waals surface area contributed by atoms with Crippen molar-refractivity contribution in [2.75, 3.05) is 25.1 Å². The summed E-state index contributed by atoms with van der Waals surface area (Å²) in [6.45, 7) is 0.999. The molecule has 1 saturated heterocycles. The summed E-state index contributed by atoms with van der Waals surface area (Å²) >= 11 is 1.47. The highest BCUT2D eigenvalue weighted by Gasteiger charge is 2.27. The predicted octanol–water partition coefficient (Wildman–Crippen LogP) is 3.69. The molecule has 1 aliphatic heterocycles. The van der Waals surface area contributed by atoms with Gasteiger partial charge in [0.05, 0.1) is 11.7 Å². The van der Waals surface area contributed by atoms with Gasteiger partial charge < -0.3 is 20.1 Å². The molecule has 2 aliphatic rings. The first-order valence-electron chi connectivity index (χ1n) is 10.3. The third-order valence-electron chi connectivity index (χ3n) is 5.35. The lowest BCUT2D eigenvalue weighted by Gasteiger charge is -2.15. The minimum atomic E-state index is -0.366. The summed E-state index contributed by atoms with van der Waals surface area (Å²) in [5.74, 6) is -0.480. The maximum absolute atomic E-state index is 13.0. The van der Waals surface area contributed by atoms with E-state index >= 15 is 0 Å². The third-order valence-corrected chi connectivity index (χ3v) is 6.56. The zero-order valence-corrected chi connectivity index (χ0v) is 17.5. The largest absolute Gasteiger partial charge is 0.484 e. The van der Waals surface area contributed by atoms with Crippen LogP contribution in [0.15, 0.2) is 24.3 Å². The molecule has 6 nitrogen and oxygen atoms in total. The molecule has 1 atom stereocenters. The van der Waals surface area contributed by atoms with Gasteiger partial charge in [0.2, 0.25) is 0 Å². The molecule has 8 heteroatoms. The van der Waals surface area contributed by atoms with E-state index < -0.39 is 0 Å². The van der Waals surface area contributed by atoms with Crippen LogP contribution in [0.4, 0.5) is 9.39 Å². The van der Waals surface area contributed by atoms with E-state index in [4.69, 9.17) is 9.47 Å². The second kappa shape index (κ2) is 9.57. The van der Waals surface area contributed by atoms with E-state index in [1.54, 1.807) is 0 Å². The number of thiophene rings is 1. The maximum atomic E-state index is 13.0. The number of nitrogens with one attached hydrogen (secondary N) is 2. The van der Waals surface area contributed by atoms with Gasteiger partial charge in [0.25, 0.3) is 11.8 Å². The fraction of sp³-hybridized carbons (Fsp3) is 0.455. The molecule has 0 saturated carbocycles. The van der Waals surface area contributed by atoms with E-state index in [9.17, 15) is 14.0 Å². The number of ether oxygens (including phenoxy) is 2. The number of hydrogen-bond donors (Lipinski definition) is 2. The van der Waals surface area contributed by atoms with Crippen molar-refractivity contribution in [1.29, 1.82) is 0 Å². The number of carbonyl (C=O) groups is 2. The van der Waals surface area contributed by atoms with Crippen molar-refractivity contribution in [1.82, 2.24) is 5.32 Å². The fourth-order valence-corrected chi connectivity index (χ4v) is 5.14. The molecule has 2 aromatic rings. The second-order valence-corrected chi connectivity index (χ2v) is 8.66. The lowest BCUT2D eigenvalue weighted by atomic mass is 9.95. The Morgan fingerprint density at radius 1 is 1.17 bits per heavy atom. The molecule has 160 valence electrons. The van der Waals surface area contributed by atoms with E-state index in [-0.39, 0.29) is 30.3 Å². The number of rotatable bonds is 7. The number of fused-ring (bicyclic) bond motifs is 1. The SMILES string of the molecule is O=C(COc1ccc(F)cc1)Nc1sc2c(c1C(=O)NC[C@H]1CCCO1)CCCC2. The molecule has 1 fully saturated rings. The van der Waals surface area contributed by atoms with Gasteiger partial charge in [-0.1, -0.05) is 0 Å². The molecule has 4 rings (SSSR count). The van der Waals surface area contributed by atoms with Crippen molar-refractivity contribution in [2.24, 2.45) is 0 Å². The average molecular weight is 433 g/mol. The van der Waals surface area contributed by atoms with E-state index in [1.807, 2.05) is 0 Å². The molecule has 1 aromatic carbocycles. The zero-order valence-electron chi connectivity index (χ0n) is 16.7. The van der Waals surface area contributed by atoms with Crippen molar-refractivity contribution in [2.45, 2.75) is 44.6 Å². The maximum Gasteiger partial charge on any atom is 0.262 e. The summed E-state index contributed by atoms with van der Waals surface area (Å²) in [5.41, 5.74) is 1.62. The van der Waals surface area contributed by atoms with Crippen LogP contribution >= 0.6 is 11.3 Å². The molecule has 0 unspecified atom stereocenters. The first kappa shape index (κ1) is 20.8. The number of halogens is 1. The van der Waals surface area contributed by atoms with Gasteiger partial charge in [0.15, 0.2) is 6.61 Å². The molecular weight excluding hydrogens is 407 g/mol. The van der Waals surface area contributed by atoms with Crippen LogP contribution in [0.5, 0.6) is 5.75 Å². The highest BCUT2D eigenvalue weighted by atomic mass is 32.1. The molecule has 2 heterocycles. The second-order valence-electron chi connectivity index (χ2n) is 7.55. The Bertz CT molecular complexity index is 907. The van der Waals surface area contributed by atoms with Crippen LogP contribution in [0, 0.1) is 5.82 Å². The molecule has 0 bridgehead atoms. The summed E-state index contributed by atoms with van der Waals surface area (Å²) in [5, 5.41) is 6.39. The number of hydrogen-bond acceptors (Lipinski definition) is 5. The Labute approximate surface area is 178 Å². The lowest BCUT2D eigenvalue weighted by molar-refractivity contribution is -0.118. The number of benzene rings is 1. The van der Waals surface area contributed by atoms with Crippen LogP contribution in [0.25, 0.3) is 0 Å². The van der Waals surface area contributed by atoms with Gasteiger partial charge >= 0.3 is 0 Å². The minimum absolute atomic E-state index is 0.0607. The summed E-state index contributed by atoms with van der Waals surface area (Å²) in [7, 11) is 0. The number of amides is 2. The van der Waals surface area contributed by atoms with E-state index in [0.717, 1.165) is 50.7 Å². The molecular formula is C22H25FN2O4S. The average Bonchev–Trinajstić information content (AvgIpc) is 3.39. The van der Waals surface area contributed by atoms with E-state index in [1.165, 1.54) is 40.5 Å². The van der Waals surface area contributed by atoms with Crippen LogP contribution < -0.4 is 15.4 Å². The summed E-state index contributed by atoms with van der Waals surface area (Å²) in [6.07, 6.45) is 5.92. The first-order chi connectivity index (χ1) is 14.6. The van der Waals surface area contributed by atoms with Gasteiger partial charge in [-0.25, -0.2) is 4.39 Å². The van der Waals surface area contributed by atoms with Crippen LogP contribution in [-0.4, -0.2) is 37.7 Å². The number of carbonyl (C=O) groups excluding carboxylic acids is 2. The summed E-state index contributed by atoms with van der Waals surface area (Å²) in [4.78, 5) is 26.6. The van der Waals surface area contributed by atoms with Crippen LogP contribution in [0.3, 0.4) is 0 Å². The van der Waals surface area contributed by atoms with Crippen molar-refractivity contribution in [3.8, 4) is 5.75 Å². The molecule has 1 aliphatic carbocycles. The standard InChI is InChI=1S/C22H25FN2O4S/c23-14-7-9-15(10-8-14)29-13-19(26)25-22-20(17-5-1-2-6-18(17)30-22)21(27)24-12-16-4-3-11-28-16/h7-10,16H,1-6,11-13H2,(H,24,27)(H,25,26)/t16-/m1/s1. The molecule has 0 spiro atoms. The van der Waals surface area contributed by atoms with Crippen LogP contribution in [0.1, 0.15) is 46.5 Å². The quantitative estimate of drug-likeness (QED) is 0.700. The van der Waals surface area contributed by atoms with E-state index in [2.05, 4.69) is 10.6 Å². The monoisotopic (exact) mass is 432 g/mol. The smallest absolute Gasteiger partial charge is 0.262 e. The molecule has 30 heavy (non-hydrogen) atoms. The van der Waals surface area contributed by atoms with Gasteiger partial charge in [-0.15, -0.1) is 11.3 Å². The van der Waals surface area contributed by atoms with Gasteiger partial charge in [0, 0.05) is 18.0 Å². The zero-order chi connectivity index (χ0) is 20.9. The normalized spacial score (nSPS) is 18.0. The van der Waals surface area contributed by atoms with Gasteiger partial charge in [-0.3, -0.25) is 9.59 Å². The van der Waals surface area contributed by atoms with Gasteiger partial charge in [0.1, 0.15) is 16.6 Å². The highest BCUT2D eigenvalue weighted by Crippen LogP contribution is 2.38. The van der Waals surface area contributed by atoms with E-state index in [0.29, 0.717) is 22.9 Å². The van der Waals surface area contributed by atoms with Gasteiger partial charge in [-0.2, -0.15) is 0 Å². The van der Waals surface area contributed by atoms with Gasteiger partial charge in [-0.05, 0) is 68.4 Å². The van der Waals surface area contributed by atoms with Crippen molar-refractivity contribution in [3.63, 3.8) is 0 Å². The third kappa shape index (κ3) is 4.99. The molecule has 2 amide bonds. The lowest BCUT2D eigenvalue weighted by Crippen LogP contribution is -2.33. The fourth-order valence-electron chi connectivity index (χ4n) is 3.84. The Kier molecular flexibility index (Phi) is 6.64. The van der Waals surface area contributed by atoms with Crippen LogP contribution in [0.2, 0.25) is 0 Å². The van der Waals surface area contributed by atoms with Crippen molar-refractivity contribution >= 4 is 28.2 Å².